The molecule has 0 heteroatoms. The highest BCUT2D eigenvalue weighted by Gasteiger charge is 2.47. The first-order chi connectivity index (χ1) is 9.10. The number of benzene rings is 1. The molecule has 0 heterocycles. The summed E-state index contributed by atoms with van der Waals surface area (Å²) in [7, 11) is 0. The molecule has 0 spiro atoms. The quantitative estimate of drug-likeness (QED) is 0.569. The fourth-order valence-corrected chi connectivity index (χ4v) is 2.97. The van der Waals surface area contributed by atoms with E-state index in [1.165, 1.54) is 32.1 Å². The maximum absolute atomic E-state index is 2.39. The van der Waals surface area contributed by atoms with Crippen LogP contribution in [0.3, 0.4) is 0 Å². The molecule has 1 unspecified atom stereocenters. The van der Waals surface area contributed by atoms with Crippen LogP contribution in [0.1, 0.15) is 83.4 Å². The zero-order valence-corrected chi connectivity index (χ0v) is 13.8. The Hall–Kier alpha value is -0.780. The van der Waals surface area contributed by atoms with Gasteiger partial charge in [-0.1, -0.05) is 66.2 Å². The Kier molecular flexibility index (Phi) is 6.10. The third-order valence-corrected chi connectivity index (χ3v) is 4.07. The van der Waals surface area contributed by atoms with Crippen molar-refractivity contribution in [3.63, 3.8) is 0 Å². The maximum Gasteiger partial charge on any atom is -0.0102 e. The molecular formula is C19H32. The van der Waals surface area contributed by atoms with E-state index in [0.29, 0.717) is 5.41 Å². The Morgan fingerprint density at radius 1 is 1.11 bits per heavy atom. The first-order valence-electron chi connectivity index (χ1n) is 8.20. The first-order valence-corrected chi connectivity index (χ1v) is 8.20. The first kappa shape index (κ1) is 16.3. The second-order valence-electron chi connectivity index (χ2n) is 6.29. The lowest BCUT2D eigenvalue weighted by atomic mass is 9.96. The number of hydrogen-bond donors (Lipinski definition) is 0. The number of rotatable bonds is 1. The molecule has 0 aromatic heterocycles. The van der Waals surface area contributed by atoms with Gasteiger partial charge in [0, 0.05) is 0 Å². The summed E-state index contributed by atoms with van der Waals surface area (Å²) in [6.45, 7) is 13.0. The highest BCUT2D eigenvalue weighted by molar-refractivity contribution is 5.43. The number of aryl methyl sites for hydroxylation is 1. The highest BCUT2D eigenvalue weighted by Crippen LogP contribution is 2.59. The molecule has 1 aromatic carbocycles. The monoisotopic (exact) mass is 260 g/mol. The molecule has 19 heavy (non-hydrogen) atoms. The fourth-order valence-electron chi connectivity index (χ4n) is 2.97. The SMILES string of the molecule is CC.CC1(C)CC1c1cccc2c1CCC2.CCC. The summed E-state index contributed by atoms with van der Waals surface area (Å²) < 4.78 is 0. The molecule has 1 aromatic rings. The van der Waals surface area contributed by atoms with Gasteiger partial charge in [-0.3, -0.25) is 0 Å². The molecular weight excluding hydrogens is 228 g/mol. The summed E-state index contributed by atoms with van der Waals surface area (Å²) in [5.41, 5.74) is 5.58. The van der Waals surface area contributed by atoms with Crippen LogP contribution in [0.25, 0.3) is 0 Å². The Labute approximate surface area is 120 Å². The predicted octanol–water partition coefficient (Wildman–Crippen LogP) is 6.13. The van der Waals surface area contributed by atoms with Crippen LogP contribution >= 0.6 is 0 Å². The molecule has 0 amide bonds. The van der Waals surface area contributed by atoms with Gasteiger partial charge in [0.1, 0.15) is 0 Å². The van der Waals surface area contributed by atoms with Crippen molar-refractivity contribution in [2.45, 2.75) is 79.6 Å². The normalized spacial score (nSPS) is 21.5. The van der Waals surface area contributed by atoms with Crippen molar-refractivity contribution in [1.82, 2.24) is 0 Å². The van der Waals surface area contributed by atoms with E-state index < -0.39 is 0 Å². The second kappa shape index (κ2) is 7.12. The summed E-state index contributed by atoms with van der Waals surface area (Å²) in [5, 5.41) is 0. The number of fused-ring (bicyclic) bond motifs is 1. The molecule has 2 aliphatic rings. The lowest BCUT2D eigenvalue weighted by Crippen LogP contribution is -1.95. The van der Waals surface area contributed by atoms with Gasteiger partial charge < -0.3 is 0 Å². The van der Waals surface area contributed by atoms with Crippen LogP contribution in [0, 0.1) is 5.41 Å². The van der Waals surface area contributed by atoms with Crippen LogP contribution in [0.2, 0.25) is 0 Å². The van der Waals surface area contributed by atoms with Crippen molar-refractivity contribution >= 4 is 0 Å². The average molecular weight is 260 g/mol. The highest BCUT2D eigenvalue weighted by atomic mass is 14.5. The summed E-state index contributed by atoms with van der Waals surface area (Å²) >= 11 is 0. The van der Waals surface area contributed by atoms with E-state index in [1.807, 2.05) is 13.8 Å². The van der Waals surface area contributed by atoms with Crippen molar-refractivity contribution in [2.75, 3.05) is 0 Å². The summed E-state index contributed by atoms with van der Waals surface area (Å²) in [6.07, 6.45) is 6.66. The van der Waals surface area contributed by atoms with Gasteiger partial charge in [0.25, 0.3) is 0 Å². The zero-order chi connectivity index (χ0) is 14.5. The minimum Gasteiger partial charge on any atom is -0.0683 e. The van der Waals surface area contributed by atoms with Gasteiger partial charge >= 0.3 is 0 Å². The minimum absolute atomic E-state index is 0.581. The molecule has 1 fully saturated rings. The Balaban J connectivity index is 0.000000321. The fraction of sp³-hybridized carbons (Fsp3) is 0.684. The third-order valence-electron chi connectivity index (χ3n) is 4.07. The largest absolute Gasteiger partial charge is 0.0683 e. The molecule has 2 aliphatic carbocycles. The molecule has 0 saturated heterocycles. The smallest absolute Gasteiger partial charge is 0.0102 e. The molecule has 0 nitrogen and oxygen atoms in total. The lowest BCUT2D eigenvalue weighted by Gasteiger charge is -2.09. The summed E-state index contributed by atoms with van der Waals surface area (Å²) in [4.78, 5) is 0. The molecule has 108 valence electrons. The van der Waals surface area contributed by atoms with E-state index in [2.05, 4.69) is 45.9 Å². The summed E-state index contributed by atoms with van der Waals surface area (Å²) in [6, 6.07) is 6.94. The molecule has 1 saturated carbocycles. The predicted molar refractivity (Wildman–Crippen MR) is 86.9 cm³/mol. The molecule has 3 rings (SSSR count). The van der Waals surface area contributed by atoms with Crippen LogP contribution in [0.15, 0.2) is 18.2 Å². The molecule has 0 N–H and O–H groups in total. The van der Waals surface area contributed by atoms with E-state index in [-0.39, 0.29) is 0 Å². The van der Waals surface area contributed by atoms with E-state index in [0.717, 1.165) is 5.92 Å². The maximum atomic E-state index is 2.39. The average Bonchev–Trinajstić information content (AvgIpc) is 2.82. The van der Waals surface area contributed by atoms with Crippen molar-refractivity contribution in [3.05, 3.63) is 34.9 Å². The van der Waals surface area contributed by atoms with Gasteiger partial charge in [-0.05, 0) is 53.7 Å². The zero-order valence-electron chi connectivity index (χ0n) is 13.8. The molecule has 0 radical (unpaired) electrons. The van der Waals surface area contributed by atoms with Gasteiger partial charge in [0.15, 0.2) is 0 Å². The van der Waals surface area contributed by atoms with Crippen LogP contribution in [0.4, 0.5) is 0 Å². The summed E-state index contributed by atoms with van der Waals surface area (Å²) in [5.74, 6) is 0.857. The van der Waals surface area contributed by atoms with Crippen LogP contribution in [0.5, 0.6) is 0 Å². The van der Waals surface area contributed by atoms with Gasteiger partial charge in [0.2, 0.25) is 0 Å². The molecule has 0 bridgehead atoms. The van der Waals surface area contributed by atoms with Crippen molar-refractivity contribution in [2.24, 2.45) is 5.41 Å². The van der Waals surface area contributed by atoms with Gasteiger partial charge in [-0.15, -0.1) is 0 Å². The van der Waals surface area contributed by atoms with Gasteiger partial charge in [-0.25, -0.2) is 0 Å². The molecule has 0 aliphatic heterocycles. The van der Waals surface area contributed by atoms with E-state index in [4.69, 9.17) is 0 Å². The standard InChI is InChI=1S/C14H18.C3H8.C2H6/c1-14(2)9-13(14)12-8-4-6-10-5-3-7-11(10)12;1-3-2;1-2/h4,6,8,13H,3,5,7,9H2,1-2H3;3H2,1-2H3;1-2H3. The van der Waals surface area contributed by atoms with Gasteiger partial charge in [-0.2, -0.15) is 0 Å². The Morgan fingerprint density at radius 3 is 2.21 bits per heavy atom. The van der Waals surface area contributed by atoms with E-state index in [9.17, 15) is 0 Å². The van der Waals surface area contributed by atoms with Gasteiger partial charge in [0.05, 0.1) is 0 Å². The van der Waals surface area contributed by atoms with Crippen LogP contribution in [-0.2, 0) is 12.8 Å². The topological polar surface area (TPSA) is 0 Å². The van der Waals surface area contributed by atoms with Crippen LogP contribution in [-0.4, -0.2) is 0 Å². The Morgan fingerprint density at radius 2 is 1.68 bits per heavy atom. The van der Waals surface area contributed by atoms with E-state index >= 15 is 0 Å². The van der Waals surface area contributed by atoms with Crippen molar-refractivity contribution in [1.29, 1.82) is 0 Å². The second-order valence-corrected chi connectivity index (χ2v) is 6.29. The van der Waals surface area contributed by atoms with Crippen LogP contribution < -0.4 is 0 Å². The minimum atomic E-state index is 0.581. The molecule has 1 atom stereocenters. The number of hydrogen-bond acceptors (Lipinski definition) is 0. The van der Waals surface area contributed by atoms with Crippen molar-refractivity contribution in [3.8, 4) is 0 Å². The van der Waals surface area contributed by atoms with Crippen molar-refractivity contribution < 1.29 is 0 Å². The Bertz CT molecular complexity index is 387. The lowest BCUT2D eigenvalue weighted by molar-refractivity contribution is 0.620. The third kappa shape index (κ3) is 3.84. The van der Waals surface area contributed by atoms with E-state index in [1.54, 1.807) is 16.7 Å².